The highest BCUT2D eigenvalue weighted by molar-refractivity contribution is 5.98. The predicted molar refractivity (Wildman–Crippen MR) is 273 cm³/mol. The molecule has 0 bridgehead atoms. The molecule has 0 aromatic heterocycles. The number of carbonyl (C=O) groups excluding carboxylic acids is 9. The summed E-state index contributed by atoms with van der Waals surface area (Å²) in [5, 5.41) is 18.2. The molecule has 408 valence electrons. The molecule has 0 spiro atoms. The normalized spacial score (nSPS) is 16.2. The fourth-order valence-corrected chi connectivity index (χ4v) is 8.93. The van der Waals surface area contributed by atoms with Crippen molar-refractivity contribution in [2.24, 2.45) is 47.2 Å². The van der Waals surface area contributed by atoms with E-state index in [2.05, 4.69) is 16.0 Å². The molecule has 71 heavy (non-hydrogen) atoms. The number of carboxylic acid groups (broad SMARTS) is 1. The Hall–Kier alpha value is -5.30. The van der Waals surface area contributed by atoms with E-state index < -0.39 is 131 Å². The van der Waals surface area contributed by atoms with Crippen LogP contribution in [0.15, 0.2) is 0 Å². The minimum absolute atomic E-state index is 0.101. The Balaban J connectivity index is 7.04. The zero-order valence-electron chi connectivity index (χ0n) is 46.7. The Morgan fingerprint density at radius 3 is 1.17 bits per heavy atom. The van der Waals surface area contributed by atoms with E-state index >= 15 is 0 Å². The average Bonchev–Trinajstić information content (AvgIpc) is 3.28. The van der Waals surface area contributed by atoms with E-state index in [9.17, 15) is 53.1 Å². The molecule has 11 atom stereocenters. The van der Waals surface area contributed by atoms with E-state index in [1.54, 1.807) is 48.5 Å². The summed E-state index contributed by atoms with van der Waals surface area (Å²) in [6.45, 7) is 26.3. The molecule has 0 aliphatic rings. The van der Waals surface area contributed by atoms with Gasteiger partial charge in [0.05, 0.1) is 0 Å². The van der Waals surface area contributed by atoms with Gasteiger partial charge in [0.1, 0.15) is 48.3 Å². The van der Waals surface area contributed by atoms with Crippen LogP contribution in [0.5, 0.6) is 0 Å². The lowest BCUT2D eigenvalue weighted by Gasteiger charge is -2.42. The minimum atomic E-state index is -1.18. The van der Waals surface area contributed by atoms with Crippen molar-refractivity contribution in [3.05, 3.63) is 0 Å². The third kappa shape index (κ3) is 18.4. The van der Waals surface area contributed by atoms with Crippen molar-refractivity contribution >= 4 is 59.1 Å². The number of hydrogen-bond donors (Lipinski definition) is 5. The van der Waals surface area contributed by atoms with Crippen molar-refractivity contribution in [2.75, 3.05) is 35.2 Å². The highest BCUT2D eigenvalue weighted by Crippen LogP contribution is 2.27. The predicted octanol–water partition coefficient (Wildman–Crippen LogP) is 3.10. The number of primary amides is 1. The largest absolute Gasteiger partial charge is 0.480 e. The van der Waals surface area contributed by atoms with Gasteiger partial charge in [0.15, 0.2) is 0 Å². The quantitative estimate of drug-likeness (QED) is 0.0698. The first kappa shape index (κ1) is 65.7. The second-order valence-corrected chi connectivity index (χ2v) is 21.1. The highest BCUT2D eigenvalue weighted by atomic mass is 16.4. The molecule has 0 heterocycles. The Morgan fingerprint density at radius 2 is 0.831 bits per heavy atom. The van der Waals surface area contributed by atoms with Gasteiger partial charge in [0, 0.05) is 48.6 Å². The Morgan fingerprint density at radius 1 is 0.479 bits per heavy atom. The first-order chi connectivity index (χ1) is 32.7. The van der Waals surface area contributed by atoms with Crippen LogP contribution in [-0.2, 0) is 47.9 Å². The second kappa shape index (κ2) is 29.9. The zero-order valence-corrected chi connectivity index (χ0v) is 46.7. The molecule has 0 saturated carbocycles. The SMILES string of the molecule is CCC(C)[C@@H](C(=O)N(C)[C@H](C(=O)N(C)[C@H](C(=O)O)C(C)CC)C(C)CC)N(C)C(=O)[C@H](C(C)C)N(C)C(=O)[C@@H](NC(=O)[C@H](CC(C)C)N(C)C(=O)[C@@H](NC(=O)[C@@H](CCC(N)=O)NC(C)=O)C(C)C)C(C)C. The lowest BCUT2D eigenvalue weighted by Crippen LogP contribution is -2.63. The molecular formula is C51H93N9O11. The van der Waals surface area contributed by atoms with Gasteiger partial charge >= 0.3 is 5.97 Å². The summed E-state index contributed by atoms with van der Waals surface area (Å²) in [5.74, 6) is -9.33. The highest BCUT2D eigenvalue weighted by Gasteiger charge is 2.45. The smallest absolute Gasteiger partial charge is 0.326 e. The van der Waals surface area contributed by atoms with Crippen LogP contribution in [0.2, 0.25) is 0 Å². The van der Waals surface area contributed by atoms with Crippen molar-refractivity contribution in [2.45, 2.75) is 191 Å². The van der Waals surface area contributed by atoms with Crippen molar-refractivity contribution in [3.8, 4) is 0 Å². The van der Waals surface area contributed by atoms with Crippen LogP contribution in [-0.4, -0.2) is 172 Å². The van der Waals surface area contributed by atoms with Crippen molar-refractivity contribution in [3.63, 3.8) is 0 Å². The van der Waals surface area contributed by atoms with Crippen LogP contribution in [0.4, 0.5) is 0 Å². The van der Waals surface area contributed by atoms with Gasteiger partial charge in [0.25, 0.3) is 0 Å². The zero-order chi connectivity index (χ0) is 55.7. The molecule has 3 unspecified atom stereocenters. The summed E-state index contributed by atoms with van der Waals surface area (Å²) in [7, 11) is 7.32. The number of hydrogen-bond acceptors (Lipinski definition) is 10. The molecule has 0 aromatic carbocycles. The van der Waals surface area contributed by atoms with E-state index in [0.717, 1.165) is 0 Å². The molecule has 20 nitrogen and oxygen atoms in total. The van der Waals surface area contributed by atoms with E-state index in [-0.39, 0.29) is 37.0 Å². The number of nitrogens with two attached hydrogens (primary N) is 1. The van der Waals surface area contributed by atoms with Gasteiger partial charge in [-0.15, -0.1) is 0 Å². The molecule has 0 rings (SSSR count). The molecule has 0 fully saturated rings. The molecule has 20 heteroatoms. The molecule has 0 saturated heterocycles. The van der Waals surface area contributed by atoms with Crippen molar-refractivity contribution in [1.29, 1.82) is 0 Å². The first-order valence-electron chi connectivity index (χ1n) is 25.4. The third-order valence-corrected chi connectivity index (χ3v) is 13.9. The molecule has 0 aromatic rings. The standard InChI is InChI=1S/C51H93N9O11/c1-21-31(12)41(49(68)59(19)42(32(13)22-2)50(69)60(20)43(51(70)71)33(14)23-3)58(18)48(67)40(30(10)11)57(17)47(66)39(29(8)9)55-45(64)36(26-27(4)5)56(16)46(65)38(28(6)7)54-44(63)35(53-34(15)61)24-25-37(52)62/h27-33,35-36,38-43H,21-26H2,1-20H3,(H2,52,62)(H,53,61)(H,54,63)(H,55,64)(H,70,71)/t31?,32?,33?,35-,36+,38+,39+,40+,41+,42+,43+/m1/s1. The molecule has 6 N–H and O–H groups in total. The minimum Gasteiger partial charge on any atom is -0.480 e. The number of carboxylic acids is 1. The number of nitrogens with one attached hydrogen (secondary N) is 3. The van der Waals surface area contributed by atoms with Crippen LogP contribution >= 0.6 is 0 Å². The van der Waals surface area contributed by atoms with Gasteiger partial charge in [0.2, 0.25) is 53.2 Å². The maximum absolute atomic E-state index is 14.9. The number of rotatable bonds is 30. The third-order valence-electron chi connectivity index (χ3n) is 13.9. The van der Waals surface area contributed by atoms with E-state index in [4.69, 9.17) is 5.73 Å². The van der Waals surface area contributed by atoms with Crippen LogP contribution in [0.25, 0.3) is 0 Å². The molecule has 0 radical (unpaired) electrons. The van der Waals surface area contributed by atoms with Gasteiger partial charge < -0.3 is 51.3 Å². The van der Waals surface area contributed by atoms with Gasteiger partial charge in [-0.05, 0) is 54.3 Å². The molecule has 9 amide bonds. The van der Waals surface area contributed by atoms with Crippen LogP contribution < -0.4 is 21.7 Å². The molecule has 0 aliphatic heterocycles. The van der Waals surface area contributed by atoms with Gasteiger partial charge in [-0.1, -0.05) is 116 Å². The van der Waals surface area contributed by atoms with Crippen LogP contribution in [0, 0.1) is 41.4 Å². The number of carbonyl (C=O) groups is 10. The topological polar surface area (TPSA) is 269 Å². The summed E-state index contributed by atoms with van der Waals surface area (Å²) >= 11 is 0. The van der Waals surface area contributed by atoms with Gasteiger partial charge in [-0.3, -0.25) is 43.2 Å². The van der Waals surface area contributed by atoms with Gasteiger partial charge in [-0.25, -0.2) is 4.79 Å². The van der Waals surface area contributed by atoms with Crippen LogP contribution in [0.3, 0.4) is 0 Å². The number of aliphatic carboxylic acids is 1. The number of likely N-dealkylation sites (N-methyl/N-ethyl adjacent to an activating group) is 5. The number of nitrogens with zero attached hydrogens (tertiary/aromatic N) is 5. The van der Waals surface area contributed by atoms with Crippen molar-refractivity contribution in [1.82, 2.24) is 40.4 Å². The summed E-state index contributed by atoms with van der Waals surface area (Å²) in [5.41, 5.74) is 5.29. The van der Waals surface area contributed by atoms with E-state index in [0.29, 0.717) is 19.3 Å². The average molecular weight is 1010 g/mol. The Kier molecular flexibility index (Phi) is 27.7. The van der Waals surface area contributed by atoms with Crippen LogP contribution in [0.1, 0.15) is 142 Å². The molecule has 0 aliphatic carbocycles. The molecular weight excluding hydrogens is 915 g/mol. The summed E-state index contributed by atoms with van der Waals surface area (Å²) in [6, 6.07) is -9.02. The van der Waals surface area contributed by atoms with E-state index in [1.165, 1.54) is 66.7 Å². The number of amides is 9. The second-order valence-electron chi connectivity index (χ2n) is 21.1. The van der Waals surface area contributed by atoms with E-state index in [1.807, 2.05) is 48.5 Å². The first-order valence-corrected chi connectivity index (χ1v) is 25.4. The lowest BCUT2D eigenvalue weighted by atomic mass is 9.90. The maximum Gasteiger partial charge on any atom is 0.326 e. The Bertz CT molecular complexity index is 1840. The summed E-state index contributed by atoms with van der Waals surface area (Å²) in [6.07, 6.45) is 1.33. The van der Waals surface area contributed by atoms with Crippen molar-refractivity contribution < 1.29 is 53.1 Å². The van der Waals surface area contributed by atoms with Gasteiger partial charge in [-0.2, -0.15) is 0 Å². The monoisotopic (exact) mass is 1010 g/mol. The lowest BCUT2D eigenvalue weighted by molar-refractivity contribution is -0.160. The summed E-state index contributed by atoms with van der Waals surface area (Å²) in [4.78, 5) is 143. The fraction of sp³-hybridized carbons (Fsp3) is 0.804. The fourth-order valence-electron chi connectivity index (χ4n) is 8.93. The Labute approximate surface area is 424 Å². The maximum atomic E-state index is 14.9. The summed E-state index contributed by atoms with van der Waals surface area (Å²) < 4.78 is 0.